The van der Waals surface area contributed by atoms with Crippen molar-refractivity contribution in [3.8, 4) is 0 Å². The van der Waals surface area contributed by atoms with E-state index in [0.29, 0.717) is 0 Å². The van der Waals surface area contributed by atoms with Gasteiger partial charge in [-0.15, -0.1) is 0 Å². The number of rotatable bonds is 4. The van der Waals surface area contributed by atoms with Gasteiger partial charge in [-0.1, -0.05) is 43.2 Å². The average molecular weight is 261 g/mol. The number of nitrogens with one attached hydrogen (secondary N) is 1. The van der Waals surface area contributed by atoms with E-state index < -0.39 is 5.41 Å². The van der Waals surface area contributed by atoms with Crippen molar-refractivity contribution in [1.82, 2.24) is 5.32 Å². The van der Waals surface area contributed by atoms with E-state index in [0.717, 1.165) is 31.2 Å². The van der Waals surface area contributed by atoms with Crippen LogP contribution in [0.3, 0.4) is 0 Å². The van der Waals surface area contributed by atoms with Crippen molar-refractivity contribution in [2.24, 2.45) is 0 Å². The molecule has 1 amide bonds. The van der Waals surface area contributed by atoms with Crippen molar-refractivity contribution in [1.29, 1.82) is 0 Å². The summed E-state index contributed by atoms with van der Waals surface area (Å²) in [7, 11) is 1.53. The number of likely N-dealkylation sites (N-methyl/N-ethyl adjacent to an activating group) is 1. The second-order valence-electron chi connectivity index (χ2n) is 4.90. The third kappa shape index (κ3) is 2.78. The molecule has 1 aliphatic carbocycles. The molecule has 0 spiro atoms. The molecule has 0 bridgehead atoms. The number of benzene rings is 1. The summed E-state index contributed by atoms with van der Waals surface area (Å²) < 4.78 is 5.19. The topological polar surface area (TPSA) is 55.4 Å². The van der Waals surface area contributed by atoms with E-state index >= 15 is 0 Å². The molecule has 102 valence electrons. The number of ether oxygens (including phenoxy) is 1. The highest BCUT2D eigenvalue weighted by atomic mass is 16.5. The van der Waals surface area contributed by atoms with Crippen molar-refractivity contribution in [2.45, 2.75) is 31.1 Å². The maximum atomic E-state index is 12.4. The molecule has 0 aromatic heterocycles. The lowest BCUT2D eigenvalue weighted by atomic mass is 9.79. The third-order valence-corrected chi connectivity index (χ3v) is 3.79. The van der Waals surface area contributed by atoms with Gasteiger partial charge in [-0.3, -0.25) is 9.59 Å². The fourth-order valence-corrected chi connectivity index (χ4v) is 2.69. The Balaban J connectivity index is 2.16. The van der Waals surface area contributed by atoms with Crippen LogP contribution in [-0.4, -0.2) is 25.5 Å². The summed E-state index contributed by atoms with van der Waals surface area (Å²) in [6, 6.07) is 9.73. The Morgan fingerprint density at radius 1 is 1.21 bits per heavy atom. The van der Waals surface area contributed by atoms with Crippen molar-refractivity contribution in [3.05, 3.63) is 35.9 Å². The molecule has 1 aliphatic rings. The van der Waals surface area contributed by atoms with Gasteiger partial charge in [0.05, 0.1) is 5.41 Å². The predicted molar refractivity (Wildman–Crippen MR) is 71.6 cm³/mol. The van der Waals surface area contributed by atoms with Gasteiger partial charge < -0.3 is 10.1 Å². The Kier molecular flexibility index (Phi) is 4.20. The first-order chi connectivity index (χ1) is 9.19. The minimum absolute atomic E-state index is 0.204. The maximum absolute atomic E-state index is 12.4. The molecule has 1 aromatic rings. The lowest BCUT2D eigenvalue weighted by Gasteiger charge is -2.27. The summed E-state index contributed by atoms with van der Waals surface area (Å²) in [5.74, 6) is -0.561. The van der Waals surface area contributed by atoms with Gasteiger partial charge in [0, 0.05) is 7.05 Å². The smallest absolute Gasteiger partial charge is 0.317 e. The van der Waals surface area contributed by atoms with Gasteiger partial charge in [0.15, 0.2) is 6.61 Å². The lowest BCUT2D eigenvalue weighted by Crippen LogP contribution is -2.37. The zero-order valence-electron chi connectivity index (χ0n) is 11.1. The second-order valence-corrected chi connectivity index (χ2v) is 4.90. The molecule has 0 atom stereocenters. The van der Waals surface area contributed by atoms with Gasteiger partial charge in [0.2, 0.25) is 0 Å². The Morgan fingerprint density at radius 2 is 1.84 bits per heavy atom. The molecule has 0 radical (unpaired) electrons. The molecule has 1 saturated carbocycles. The summed E-state index contributed by atoms with van der Waals surface area (Å²) in [6.45, 7) is -0.204. The third-order valence-electron chi connectivity index (χ3n) is 3.79. The van der Waals surface area contributed by atoms with Crippen molar-refractivity contribution in [2.75, 3.05) is 13.7 Å². The summed E-state index contributed by atoms with van der Waals surface area (Å²) in [4.78, 5) is 23.6. The highest BCUT2D eigenvalue weighted by Gasteiger charge is 2.44. The van der Waals surface area contributed by atoms with Crippen molar-refractivity contribution >= 4 is 11.9 Å². The van der Waals surface area contributed by atoms with E-state index in [1.54, 1.807) is 0 Å². The van der Waals surface area contributed by atoms with Crippen LogP contribution in [0.25, 0.3) is 0 Å². The molecule has 0 unspecified atom stereocenters. The first-order valence-electron chi connectivity index (χ1n) is 6.62. The van der Waals surface area contributed by atoms with Crippen LogP contribution in [0.5, 0.6) is 0 Å². The summed E-state index contributed by atoms with van der Waals surface area (Å²) in [5, 5.41) is 2.45. The molecule has 19 heavy (non-hydrogen) atoms. The van der Waals surface area contributed by atoms with E-state index in [9.17, 15) is 9.59 Å². The van der Waals surface area contributed by atoms with E-state index in [1.807, 2.05) is 30.3 Å². The SMILES string of the molecule is CNC(=O)COC(=O)C1(c2ccccc2)CCCC1. The molecule has 1 aromatic carbocycles. The largest absolute Gasteiger partial charge is 0.455 e. The predicted octanol–water partition coefficient (Wildman–Crippen LogP) is 1.79. The fourth-order valence-electron chi connectivity index (χ4n) is 2.69. The van der Waals surface area contributed by atoms with Crippen LogP contribution in [-0.2, 0) is 19.7 Å². The highest BCUT2D eigenvalue weighted by Crippen LogP contribution is 2.42. The number of hydrogen-bond donors (Lipinski definition) is 1. The zero-order chi connectivity index (χ0) is 13.7. The van der Waals surface area contributed by atoms with Gasteiger partial charge in [0.25, 0.3) is 5.91 Å². The Labute approximate surface area is 113 Å². The summed E-state index contributed by atoms with van der Waals surface area (Å²) >= 11 is 0. The number of carbonyl (C=O) groups is 2. The van der Waals surface area contributed by atoms with Crippen LogP contribution in [0.15, 0.2) is 30.3 Å². The van der Waals surface area contributed by atoms with Gasteiger partial charge >= 0.3 is 5.97 Å². The molecule has 4 heteroatoms. The second kappa shape index (κ2) is 5.87. The lowest BCUT2D eigenvalue weighted by molar-refractivity contribution is -0.154. The van der Waals surface area contributed by atoms with Crippen LogP contribution in [0.4, 0.5) is 0 Å². The molecule has 1 N–H and O–H groups in total. The standard InChI is InChI=1S/C15H19NO3/c1-16-13(17)11-19-14(18)15(9-5-6-10-15)12-7-3-2-4-8-12/h2-4,7-8H,5-6,9-11H2,1H3,(H,16,17). The summed E-state index contributed by atoms with van der Waals surface area (Å²) in [5.41, 5.74) is 0.435. The Bertz CT molecular complexity index is 450. The van der Waals surface area contributed by atoms with Gasteiger partial charge in [-0.25, -0.2) is 0 Å². The normalized spacial score (nSPS) is 16.9. The molecule has 2 rings (SSSR count). The monoisotopic (exact) mass is 261 g/mol. The number of hydrogen-bond acceptors (Lipinski definition) is 3. The molecule has 1 fully saturated rings. The quantitative estimate of drug-likeness (QED) is 0.841. The molecule has 0 saturated heterocycles. The fraction of sp³-hybridized carbons (Fsp3) is 0.467. The van der Waals surface area contributed by atoms with Crippen molar-refractivity contribution in [3.63, 3.8) is 0 Å². The van der Waals surface area contributed by atoms with Crippen LogP contribution < -0.4 is 5.32 Å². The van der Waals surface area contributed by atoms with E-state index in [2.05, 4.69) is 5.32 Å². The van der Waals surface area contributed by atoms with Gasteiger partial charge in [-0.05, 0) is 18.4 Å². The first-order valence-corrected chi connectivity index (χ1v) is 6.62. The molecule has 0 heterocycles. The number of amides is 1. The minimum atomic E-state index is -0.560. The van der Waals surface area contributed by atoms with Crippen LogP contribution in [0.1, 0.15) is 31.2 Å². The van der Waals surface area contributed by atoms with Crippen molar-refractivity contribution < 1.29 is 14.3 Å². The van der Waals surface area contributed by atoms with E-state index in [-0.39, 0.29) is 18.5 Å². The minimum Gasteiger partial charge on any atom is -0.455 e. The number of carbonyl (C=O) groups excluding carboxylic acids is 2. The highest BCUT2D eigenvalue weighted by molar-refractivity contribution is 5.86. The summed E-state index contributed by atoms with van der Waals surface area (Å²) in [6.07, 6.45) is 3.63. The Hall–Kier alpha value is -1.84. The van der Waals surface area contributed by atoms with E-state index in [1.165, 1.54) is 7.05 Å². The van der Waals surface area contributed by atoms with Crippen LogP contribution in [0.2, 0.25) is 0 Å². The zero-order valence-corrected chi connectivity index (χ0v) is 11.1. The maximum Gasteiger partial charge on any atom is 0.317 e. The van der Waals surface area contributed by atoms with Crippen LogP contribution in [0, 0.1) is 0 Å². The molecule has 4 nitrogen and oxygen atoms in total. The van der Waals surface area contributed by atoms with Gasteiger partial charge in [-0.2, -0.15) is 0 Å². The number of esters is 1. The Morgan fingerprint density at radius 3 is 2.42 bits per heavy atom. The average Bonchev–Trinajstić information content (AvgIpc) is 2.96. The first kappa shape index (κ1) is 13.6. The molecular formula is C15H19NO3. The molecule has 0 aliphatic heterocycles. The van der Waals surface area contributed by atoms with E-state index in [4.69, 9.17) is 4.74 Å². The van der Waals surface area contributed by atoms with Gasteiger partial charge in [0.1, 0.15) is 0 Å². The molecular weight excluding hydrogens is 242 g/mol. The van der Waals surface area contributed by atoms with Crippen LogP contribution >= 0.6 is 0 Å².